The highest BCUT2D eigenvalue weighted by Crippen LogP contribution is 2.25. The molecule has 1 amide bonds. The van der Waals surface area contributed by atoms with Crippen LogP contribution in [0, 0.1) is 13.8 Å². The second-order valence-electron chi connectivity index (χ2n) is 7.69. The minimum absolute atomic E-state index is 0.0118. The highest BCUT2D eigenvalue weighted by Gasteiger charge is 2.30. The Morgan fingerprint density at radius 2 is 1.72 bits per heavy atom. The lowest BCUT2D eigenvalue weighted by Crippen LogP contribution is -2.50. The second-order valence-corrected chi connectivity index (χ2v) is 10.6. The lowest BCUT2D eigenvalue weighted by atomic mass is 10.1. The number of piperazine rings is 1. The molecule has 0 spiro atoms. The maximum Gasteiger partial charge on any atom is 0.243 e. The van der Waals surface area contributed by atoms with Gasteiger partial charge in [-0.25, -0.2) is 13.4 Å². The Morgan fingerprint density at radius 1 is 1.00 bits per heavy atom. The quantitative estimate of drug-likeness (QED) is 0.518. The zero-order valence-corrected chi connectivity index (χ0v) is 19.8. The fourth-order valence-electron chi connectivity index (χ4n) is 3.71. The van der Waals surface area contributed by atoms with Crippen molar-refractivity contribution < 1.29 is 13.2 Å². The first-order valence-corrected chi connectivity index (χ1v) is 12.9. The monoisotopic (exact) mass is 470 g/mol. The highest BCUT2D eigenvalue weighted by atomic mass is 32.2. The predicted octanol–water partition coefficient (Wildman–Crippen LogP) is 3.11. The summed E-state index contributed by atoms with van der Waals surface area (Å²) in [6, 6.07) is 14.5. The minimum Gasteiger partial charge on any atom is -0.339 e. The van der Waals surface area contributed by atoms with E-state index in [1.807, 2.05) is 22.9 Å². The zero-order valence-electron chi connectivity index (χ0n) is 18.1. The number of nitrogens with zero attached hydrogens (tertiary/aromatic N) is 4. The van der Waals surface area contributed by atoms with Crippen LogP contribution in [0.4, 0.5) is 0 Å². The van der Waals surface area contributed by atoms with E-state index in [9.17, 15) is 13.2 Å². The Bertz CT molecular complexity index is 1200. The maximum atomic E-state index is 12.8. The number of aryl methyl sites for hydroxylation is 1. The van der Waals surface area contributed by atoms with Crippen molar-refractivity contribution in [2.45, 2.75) is 23.9 Å². The first-order valence-electron chi connectivity index (χ1n) is 10.4. The van der Waals surface area contributed by atoms with Crippen molar-refractivity contribution in [2.24, 2.45) is 0 Å². The Morgan fingerprint density at radius 3 is 2.44 bits per heavy atom. The lowest BCUT2D eigenvalue weighted by Gasteiger charge is -2.34. The molecule has 0 bridgehead atoms. The molecule has 1 fully saturated rings. The molecule has 2 heterocycles. The third-order valence-electron chi connectivity index (χ3n) is 5.74. The Labute approximate surface area is 193 Å². The van der Waals surface area contributed by atoms with Crippen molar-refractivity contribution >= 4 is 27.7 Å². The molecule has 3 aromatic rings. The predicted molar refractivity (Wildman–Crippen MR) is 126 cm³/mol. The van der Waals surface area contributed by atoms with Gasteiger partial charge in [0.1, 0.15) is 0 Å². The molecular formula is C23H26N4O3S2. The molecule has 1 aromatic heterocycles. The number of carbonyl (C=O) groups is 1. The largest absolute Gasteiger partial charge is 0.339 e. The molecule has 0 N–H and O–H groups in total. The summed E-state index contributed by atoms with van der Waals surface area (Å²) in [4.78, 5) is 19.2. The van der Waals surface area contributed by atoms with Gasteiger partial charge < -0.3 is 4.90 Å². The van der Waals surface area contributed by atoms with Gasteiger partial charge in [0.15, 0.2) is 5.16 Å². The molecule has 0 unspecified atom stereocenters. The Hall–Kier alpha value is -2.62. The van der Waals surface area contributed by atoms with Crippen molar-refractivity contribution in [2.75, 3.05) is 31.9 Å². The first kappa shape index (κ1) is 22.6. The van der Waals surface area contributed by atoms with Crippen LogP contribution in [0.5, 0.6) is 0 Å². The molecule has 0 radical (unpaired) electrons. The van der Waals surface area contributed by atoms with Crippen molar-refractivity contribution in [3.63, 3.8) is 0 Å². The minimum atomic E-state index is -3.53. The van der Waals surface area contributed by atoms with Gasteiger partial charge in [0.25, 0.3) is 0 Å². The number of hydrogen-bond acceptors (Lipinski definition) is 5. The van der Waals surface area contributed by atoms with E-state index in [-0.39, 0.29) is 16.6 Å². The van der Waals surface area contributed by atoms with Crippen LogP contribution >= 0.6 is 11.8 Å². The Balaban J connectivity index is 1.36. The third kappa shape index (κ3) is 4.60. The van der Waals surface area contributed by atoms with E-state index >= 15 is 0 Å². The van der Waals surface area contributed by atoms with Crippen LogP contribution in [0.1, 0.15) is 11.1 Å². The molecule has 0 saturated carbocycles. The average Bonchev–Trinajstić information content (AvgIpc) is 3.28. The van der Waals surface area contributed by atoms with Crippen molar-refractivity contribution in [3.05, 3.63) is 72.1 Å². The number of benzene rings is 2. The van der Waals surface area contributed by atoms with E-state index in [2.05, 4.69) is 24.9 Å². The number of imidazole rings is 1. The topological polar surface area (TPSA) is 75.5 Å². The molecular weight excluding hydrogens is 444 g/mol. The van der Waals surface area contributed by atoms with Gasteiger partial charge in [-0.05, 0) is 43.2 Å². The van der Waals surface area contributed by atoms with Crippen LogP contribution in [-0.2, 0) is 14.8 Å². The summed E-state index contributed by atoms with van der Waals surface area (Å²) in [5.74, 6) is 0.245. The number of carbonyl (C=O) groups excluding carboxylic acids is 1. The molecule has 9 heteroatoms. The van der Waals surface area contributed by atoms with E-state index in [0.29, 0.717) is 26.2 Å². The van der Waals surface area contributed by atoms with Gasteiger partial charge in [-0.1, -0.05) is 42.1 Å². The first-order chi connectivity index (χ1) is 15.4. The van der Waals surface area contributed by atoms with Crippen LogP contribution in [-0.4, -0.2) is 65.0 Å². The number of aromatic nitrogens is 2. The average molecular weight is 471 g/mol. The summed E-state index contributed by atoms with van der Waals surface area (Å²) in [7, 11) is -3.53. The normalized spacial score (nSPS) is 15.1. The molecule has 4 rings (SSSR count). The van der Waals surface area contributed by atoms with Crippen LogP contribution in [0.2, 0.25) is 0 Å². The van der Waals surface area contributed by atoms with Gasteiger partial charge in [0, 0.05) is 38.6 Å². The number of thioether (sulfide) groups is 1. The van der Waals surface area contributed by atoms with Gasteiger partial charge in [-0.3, -0.25) is 9.36 Å². The smallest absolute Gasteiger partial charge is 0.243 e. The van der Waals surface area contributed by atoms with Crippen LogP contribution < -0.4 is 0 Å². The van der Waals surface area contributed by atoms with Crippen LogP contribution in [0.3, 0.4) is 0 Å². The fraction of sp³-hybridized carbons (Fsp3) is 0.304. The number of sulfonamides is 1. The van der Waals surface area contributed by atoms with Gasteiger partial charge in [-0.2, -0.15) is 4.31 Å². The van der Waals surface area contributed by atoms with Crippen LogP contribution in [0.25, 0.3) is 5.69 Å². The van der Waals surface area contributed by atoms with Crippen molar-refractivity contribution in [1.82, 2.24) is 18.8 Å². The second kappa shape index (κ2) is 9.48. The number of hydrogen-bond donors (Lipinski definition) is 0. The zero-order chi connectivity index (χ0) is 22.7. The summed E-state index contributed by atoms with van der Waals surface area (Å²) >= 11 is 1.40. The standard InChI is InChI=1S/C23H26N4O3S2/c1-18-7-6-10-21(19(18)2)27-12-11-24-23(27)31-17-22(28)25-13-15-26(16-14-25)32(29,30)20-8-4-3-5-9-20/h3-12H,13-17H2,1-2H3. The molecule has 32 heavy (non-hydrogen) atoms. The van der Waals surface area contributed by atoms with Crippen molar-refractivity contribution in [1.29, 1.82) is 0 Å². The molecule has 2 aromatic carbocycles. The lowest BCUT2D eigenvalue weighted by molar-refractivity contribution is -0.129. The van der Waals surface area contributed by atoms with Crippen molar-refractivity contribution in [3.8, 4) is 5.69 Å². The summed E-state index contributed by atoms with van der Waals surface area (Å²) in [5, 5.41) is 0.761. The molecule has 168 valence electrons. The molecule has 1 aliphatic rings. The maximum absolute atomic E-state index is 12.8. The Kier molecular flexibility index (Phi) is 6.68. The molecule has 1 aliphatic heterocycles. The number of rotatable bonds is 6. The summed E-state index contributed by atoms with van der Waals surface area (Å²) in [6.45, 7) is 5.51. The van der Waals surface area contributed by atoms with Gasteiger partial charge >= 0.3 is 0 Å². The fourth-order valence-corrected chi connectivity index (χ4v) is 6.03. The van der Waals surface area contributed by atoms with E-state index in [1.54, 1.807) is 41.4 Å². The van der Waals surface area contributed by atoms with E-state index in [4.69, 9.17) is 0 Å². The molecule has 1 saturated heterocycles. The highest BCUT2D eigenvalue weighted by molar-refractivity contribution is 7.99. The molecule has 7 nitrogen and oxygen atoms in total. The number of amides is 1. The summed E-state index contributed by atoms with van der Waals surface area (Å²) in [5.41, 5.74) is 3.43. The molecule has 0 atom stereocenters. The SMILES string of the molecule is Cc1cccc(-n2ccnc2SCC(=O)N2CCN(S(=O)(=O)c3ccccc3)CC2)c1C. The summed E-state index contributed by atoms with van der Waals surface area (Å²) in [6.07, 6.45) is 3.64. The van der Waals surface area contributed by atoms with E-state index in [0.717, 1.165) is 10.8 Å². The summed E-state index contributed by atoms with van der Waals surface area (Å²) < 4.78 is 29.0. The van der Waals surface area contributed by atoms with Gasteiger partial charge in [0.2, 0.25) is 15.9 Å². The molecule has 0 aliphatic carbocycles. The van der Waals surface area contributed by atoms with Crippen LogP contribution in [0.15, 0.2) is 71.0 Å². The third-order valence-corrected chi connectivity index (χ3v) is 8.60. The van der Waals surface area contributed by atoms with Gasteiger partial charge in [-0.15, -0.1) is 0 Å². The van der Waals surface area contributed by atoms with Gasteiger partial charge in [0.05, 0.1) is 16.3 Å². The van der Waals surface area contributed by atoms with E-state index < -0.39 is 10.0 Å². The van der Waals surface area contributed by atoms with E-state index in [1.165, 1.54) is 27.2 Å².